The molecule has 0 saturated heterocycles. The maximum Gasteiger partial charge on any atom is 0 e. The molecular weight excluding hydrogens is 499 g/mol. The Bertz CT molecular complexity index is 228. The van der Waals surface area contributed by atoms with Crippen molar-refractivity contribution in [3.05, 3.63) is 33.4 Å². The molecule has 3 heteroatoms. The Labute approximate surface area is 141 Å². The van der Waals surface area contributed by atoms with Gasteiger partial charge in [-0.05, 0) is 74.9 Å². The monoisotopic (exact) mass is 520 g/mol. The van der Waals surface area contributed by atoms with Gasteiger partial charge in [-0.2, -0.15) is 0 Å². The first-order valence-electron chi connectivity index (χ1n) is 4.50. The molecular formula is C12H20I2Ru. The maximum atomic E-state index is 2.21. The summed E-state index contributed by atoms with van der Waals surface area (Å²) in [6, 6.07) is 0. The van der Waals surface area contributed by atoms with Crippen molar-refractivity contribution in [1.29, 1.82) is 0 Å². The molecule has 0 spiro atoms. The van der Waals surface area contributed by atoms with Crippen LogP contribution in [0.4, 0.5) is 0 Å². The van der Waals surface area contributed by atoms with Crippen LogP contribution in [0.2, 0.25) is 0 Å². The maximum absolute atomic E-state index is 2.21. The van der Waals surface area contributed by atoms with Crippen molar-refractivity contribution >= 4 is 48.0 Å². The Kier molecular flexibility index (Phi) is 12.1. The number of halogens is 2. The first kappa shape index (κ1) is 21.6. The first-order valence-corrected chi connectivity index (χ1v) is 4.50. The van der Waals surface area contributed by atoms with E-state index in [0.717, 1.165) is 0 Å². The van der Waals surface area contributed by atoms with Gasteiger partial charge in [0.25, 0.3) is 0 Å². The van der Waals surface area contributed by atoms with Crippen LogP contribution >= 0.6 is 48.0 Å². The minimum Gasteiger partial charge on any atom is -0.107 e. The zero-order valence-corrected chi connectivity index (χ0v) is 16.6. The molecule has 0 radical (unpaired) electrons. The molecule has 1 aromatic rings. The van der Waals surface area contributed by atoms with E-state index < -0.39 is 0 Å². The minimum atomic E-state index is 0. The smallest absolute Gasteiger partial charge is 0 e. The normalized spacial score (nSPS) is 8.40. The van der Waals surface area contributed by atoms with Crippen LogP contribution in [0.25, 0.3) is 0 Å². The van der Waals surface area contributed by atoms with E-state index in [-0.39, 0.29) is 67.4 Å². The molecule has 1 rings (SSSR count). The number of hydrogen-bond donors (Lipinski definition) is 0. The quantitative estimate of drug-likeness (QED) is 0.343. The Morgan fingerprint density at radius 2 is 0.467 bits per heavy atom. The van der Waals surface area contributed by atoms with Crippen molar-refractivity contribution in [2.45, 2.75) is 41.5 Å². The zero-order valence-electron chi connectivity index (χ0n) is 10.2. The fraction of sp³-hybridized carbons (Fsp3) is 0.500. The van der Waals surface area contributed by atoms with E-state index in [9.17, 15) is 0 Å². The summed E-state index contributed by atoms with van der Waals surface area (Å²) in [5.74, 6) is 0. The van der Waals surface area contributed by atoms with E-state index in [0.29, 0.717) is 0 Å². The van der Waals surface area contributed by atoms with Crippen molar-refractivity contribution < 1.29 is 19.5 Å². The summed E-state index contributed by atoms with van der Waals surface area (Å²) in [6.45, 7) is 13.3. The van der Waals surface area contributed by atoms with Crippen molar-refractivity contribution in [2.75, 3.05) is 0 Å². The van der Waals surface area contributed by atoms with Gasteiger partial charge in [0.2, 0.25) is 0 Å². The van der Waals surface area contributed by atoms with Gasteiger partial charge in [0.05, 0.1) is 0 Å². The van der Waals surface area contributed by atoms with E-state index >= 15 is 0 Å². The molecule has 0 N–H and O–H groups in total. The molecule has 0 aliphatic carbocycles. The first-order chi connectivity index (χ1) is 5.46. The SMILES string of the molecule is Cc1c(C)c(C)c(C)c(C)c1C.I.I.[Ru]. The van der Waals surface area contributed by atoms with Gasteiger partial charge < -0.3 is 0 Å². The van der Waals surface area contributed by atoms with Crippen LogP contribution in [0, 0.1) is 41.5 Å². The predicted molar refractivity (Wildman–Crippen MR) is 85.7 cm³/mol. The topological polar surface area (TPSA) is 0 Å². The molecule has 0 nitrogen and oxygen atoms in total. The van der Waals surface area contributed by atoms with Gasteiger partial charge in [0.1, 0.15) is 0 Å². The van der Waals surface area contributed by atoms with Gasteiger partial charge >= 0.3 is 0 Å². The minimum absolute atomic E-state index is 0. The summed E-state index contributed by atoms with van der Waals surface area (Å²) in [5, 5.41) is 0. The molecule has 15 heavy (non-hydrogen) atoms. The largest absolute Gasteiger partial charge is 0.107 e. The third-order valence-corrected chi connectivity index (χ3v) is 3.38. The fourth-order valence-corrected chi connectivity index (χ4v) is 1.69. The second-order valence-corrected chi connectivity index (χ2v) is 3.75. The average Bonchev–Trinajstić information content (AvgIpc) is 2.08. The predicted octanol–water partition coefficient (Wildman–Crippen LogP) is 4.77. The second-order valence-electron chi connectivity index (χ2n) is 3.75. The third kappa shape index (κ3) is 4.23. The molecule has 0 aliphatic rings. The Balaban J connectivity index is -0.000000480. The van der Waals surface area contributed by atoms with Crippen LogP contribution in [0.5, 0.6) is 0 Å². The van der Waals surface area contributed by atoms with E-state index in [1.165, 1.54) is 33.4 Å². The summed E-state index contributed by atoms with van der Waals surface area (Å²) >= 11 is 0. The molecule has 0 atom stereocenters. The Hall–Kier alpha value is 1.30. The summed E-state index contributed by atoms with van der Waals surface area (Å²) in [7, 11) is 0. The van der Waals surface area contributed by atoms with Crippen LogP contribution in [0.3, 0.4) is 0 Å². The van der Waals surface area contributed by atoms with Crippen molar-refractivity contribution in [3.63, 3.8) is 0 Å². The van der Waals surface area contributed by atoms with Gasteiger partial charge in [0, 0.05) is 19.5 Å². The Morgan fingerprint density at radius 3 is 0.533 bits per heavy atom. The molecule has 0 aliphatic heterocycles. The standard InChI is InChI=1S/C12H18.2HI.Ru/c1-7-8(2)10(4)12(6)11(5)9(7)3;;;/h1-6H3;2*1H;. The van der Waals surface area contributed by atoms with Crippen LogP contribution < -0.4 is 0 Å². The zero-order chi connectivity index (χ0) is 9.46. The van der Waals surface area contributed by atoms with E-state index in [1.807, 2.05) is 0 Å². The molecule has 0 fully saturated rings. The van der Waals surface area contributed by atoms with Crippen molar-refractivity contribution in [2.24, 2.45) is 0 Å². The van der Waals surface area contributed by atoms with Gasteiger partial charge in [-0.3, -0.25) is 0 Å². The van der Waals surface area contributed by atoms with Crippen LogP contribution in [-0.2, 0) is 19.5 Å². The molecule has 1 aromatic carbocycles. The summed E-state index contributed by atoms with van der Waals surface area (Å²) in [4.78, 5) is 0. The third-order valence-electron chi connectivity index (χ3n) is 3.38. The number of rotatable bonds is 0. The number of benzene rings is 1. The van der Waals surface area contributed by atoms with Gasteiger partial charge in [0.15, 0.2) is 0 Å². The van der Waals surface area contributed by atoms with E-state index in [4.69, 9.17) is 0 Å². The summed E-state index contributed by atoms with van der Waals surface area (Å²) < 4.78 is 0. The Morgan fingerprint density at radius 1 is 0.400 bits per heavy atom. The van der Waals surface area contributed by atoms with Crippen molar-refractivity contribution in [3.8, 4) is 0 Å². The number of hydrogen-bond acceptors (Lipinski definition) is 0. The van der Waals surface area contributed by atoms with Crippen LogP contribution in [-0.4, -0.2) is 0 Å². The average molecular weight is 519 g/mol. The summed E-state index contributed by atoms with van der Waals surface area (Å²) in [6.07, 6.45) is 0. The second kappa shape index (κ2) is 8.40. The molecule has 90 valence electrons. The molecule has 0 aromatic heterocycles. The van der Waals surface area contributed by atoms with Gasteiger partial charge in [-0.15, -0.1) is 48.0 Å². The summed E-state index contributed by atoms with van der Waals surface area (Å²) in [5.41, 5.74) is 8.73. The molecule has 0 amide bonds. The van der Waals surface area contributed by atoms with Crippen molar-refractivity contribution in [1.82, 2.24) is 0 Å². The fourth-order valence-electron chi connectivity index (χ4n) is 1.69. The van der Waals surface area contributed by atoms with E-state index in [1.54, 1.807) is 0 Å². The molecule has 0 saturated carbocycles. The molecule has 0 unspecified atom stereocenters. The van der Waals surface area contributed by atoms with Crippen LogP contribution in [0.1, 0.15) is 33.4 Å². The molecule has 0 heterocycles. The van der Waals surface area contributed by atoms with Gasteiger partial charge in [-0.25, -0.2) is 0 Å². The molecule has 0 bridgehead atoms. The van der Waals surface area contributed by atoms with Gasteiger partial charge in [-0.1, -0.05) is 0 Å². The van der Waals surface area contributed by atoms with Crippen LogP contribution in [0.15, 0.2) is 0 Å². The van der Waals surface area contributed by atoms with E-state index in [2.05, 4.69) is 41.5 Å².